The van der Waals surface area contributed by atoms with Crippen LogP contribution in [0.25, 0.3) is 0 Å². The summed E-state index contributed by atoms with van der Waals surface area (Å²) < 4.78 is 31.9. The van der Waals surface area contributed by atoms with E-state index in [4.69, 9.17) is 0 Å². The molecule has 5 rings (SSSR count). The van der Waals surface area contributed by atoms with Crippen LogP contribution in [-0.2, 0) is 27.3 Å². The molecule has 5 aromatic rings. The molecule has 3 atom stereocenters. The van der Waals surface area contributed by atoms with E-state index in [-0.39, 0.29) is 5.25 Å². The lowest BCUT2D eigenvalue weighted by atomic mass is 9.78. The van der Waals surface area contributed by atoms with Crippen LogP contribution in [0.2, 0.25) is 0 Å². The van der Waals surface area contributed by atoms with Crippen LogP contribution in [0.1, 0.15) is 33.1 Å². The predicted octanol–water partition coefficient (Wildman–Crippen LogP) is 8.13. The molecule has 0 heterocycles. The molecule has 0 aliphatic rings. The minimum absolute atomic E-state index is 0.285. The number of rotatable bonds is 10. The minimum atomic E-state index is -1.55. The fourth-order valence-electron chi connectivity index (χ4n) is 5.10. The molecule has 0 saturated heterocycles. The Kier molecular flexibility index (Phi) is 9.35. The van der Waals surface area contributed by atoms with Gasteiger partial charge in [0, 0.05) is 9.79 Å². The Morgan fingerprint density at radius 1 is 0.610 bits per heavy atom. The van der Waals surface area contributed by atoms with Crippen LogP contribution in [0.4, 0.5) is 0 Å². The summed E-state index contributed by atoms with van der Waals surface area (Å²) in [6.45, 7) is 4.05. The molecule has 0 bridgehead atoms. The molecule has 0 spiro atoms. The quantitative estimate of drug-likeness (QED) is 0.177. The van der Waals surface area contributed by atoms with Crippen molar-refractivity contribution < 1.29 is 8.42 Å². The first-order valence-corrected chi connectivity index (χ1v) is 17.0. The highest BCUT2D eigenvalue weighted by Gasteiger charge is 2.45. The van der Waals surface area contributed by atoms with E-state index < -0.39 is 27.3 Å². The monoisotopic (exact) mass is 595 g/mol. The summed E-state index contributed by atoms with van der Waals surface area (Å²) in [5.74, 6) is 0. The fourth-order valence-corrected chi connectivity index (χ4v) is 8.78. The van der Waals surface area contributed by atoms with Gasteiger partial charge in [-0.3, -0.25) is 0 Å². The van der Waals surface area contributed by atoms with Crippen molar-refractivity contribution >= 4 is 33.5 Å². The van der Waals surface area contributed by atoms with E-state index in [0.717, 1.165) is 37.6 Å². The van der Waals surface area contributed by atoms with Gasteiger partial charge in [0.05, 0.1) is 26.5 Å². The van der Waals surface area contributed by atoms with Crippen molar-refractivity contribution in [1.82, 2.24) is 4.72 Å². The largest absolute Gasteiger partial charge is 0.249 e. The zero-order valence-corrected chi connectivity index (χ0v) is 25.8. The molecule has 0 fully saturated rings. The third kappa shape index (κ3) is 6.16. The van der Waals surface area contributed by atoms with Crippen molar-refractivity contribution in [2.24, 2.45) is 0 Å². The molecule has 5 aromatic carbocycles. The SMILES string of the molecule is CS[C@@H](c1ccccc1S(=O)c1ccc(C)cc1)C(NS(=O)c1ccc(C)cc1)(c1ccccc1)c1ccccc1. The normalized spacial score (nSPS) is 13.8. The molecule has 1 N–H and O–H groups in total. The van der Waals surface area contributed by atoms with Gasteiger partial charge in [0.1, 0.15) is 11.0 Å². The maximum Gasteiger partial charge on any atom is 0.126 e. The van der Waals surface area contributed by atoms with Crippen LogP contribution < -0.4 is 4.72 Å². The average Bonchev–Trinajstić information content (AvgIpc) is 3.02. The lowest BCUT2D eigenvalue weighted by Gasteiger charge is -2.42. The van der Waals surface area contributed by atoms with E-state index in [1.165, 1.54) is 0 Å². The van der Waals surface area contributed by atoms with E-state index >= 15 is 0 Å². The molecule has 3 nitrogen and oxygen atoms in total. The van der Waals surface area contributed by atoms with Gasteiger partial charge in [-0.15, -0.1) is 0 Å². The van der Waals surface area contributed by atoms with Gasteiger partial charge in [-0.05, 0) is 67.1 Å². The zero-order valence-electron chi connectivity index (χ0n) is 23.3. The summed E-state index contributed by atoms with van der Waals surface area (Å²) in [5, 5.41) is -0.285. The van der Waals surface area contributed by atoms with E-state index in [2.05, 4.69) is 41.3 Å². The smallest absolute Gasteiger partial charge is 0.126 e. The van der Waals surface area contributed by atoms with E-state index in [1.54, 1.807) is 11.8 Å². The topological polar surface area (TPSA) is 46.2 Å². The minimum Gasteiger partial charge on any atom is -0.249 e. The zero-order chi connectivity index (χ0) is 28.8. The third-order valence-electron chi connectivity index (χ3n) is 7.21. The second-order valence-corrected chi connectivity index (χ2v) is 13.6. The Morgan fingerprint density at radius 3 is 1.59 bits per heavy atom. The fraction of sp³-hybridized carbons (Fsp3) is 0.143. The summed E-state index contributed by atoms with van der Waals surface area (Å²) in [6.07, 6.45) is 2.06. The Hall–Kier alpha value is -3.29. The molecule has 2 unspecified atom stereocenters. The van der Waals surface area contributed by atoms with Gasteiger partial charge in [0.15, 0.2) is 0 Å². The first-order valence-electron chi connectivity index (χ1n) is 13.4. The summed E-state index contributed by atoms with van der Waals surface area (Å²) in [5.41, 5.74) is 4.18. The second kappa shape index (κ2) is 13.1. The molecular formula is C35H33NO2S3. The van der Waals surface area contributed by atoms with Gasteiger partial charge >= 0.3 is 0 Å². The van der Waals surface area contributed by atoms with Gasteiger partial charge in [-0.1, -0.05) is 114 Å². The van der Waals surface area contributed by atoms with Crippen molar-refractivity contribution in [2.45, 2.75) is 39.3 Å². The molecule has 0 aromatic heterocycles. The Morgan fingerprint density at radius 2 is 1.07 bits per heavy atom. The Labute approximate surface area is 252 Å². The second-order valence-electron chi connectivity index (χ2n) is 9.96. The lowest BCUT2D eigenvalue weighted by Crippen LogP contribution is -2.48. The van der Waals surface area contributed by atoms with Gasteiger partial charge in [-0.25, -0.2) is 13.1 Å². The molecule has 0 saturated carbocycles. The van der Waals surface area contributed by atoms with Crippen LogP contribution in [-0.4, -0.2) is 14.7 Å². The molecule has 0 amide bonds. The summed E-state index contributed by atoms with van der Waals surface area (Å²) in [7, 11) is -2.96. The van der Waals surface area contributed by atoms with Gasteiger partial charge in [-0.2, -0.15) is 11.8 Å². The van der Waals surface area contributed by atoms with Crippen molar-refractivity contribution in [3.8, 4) is 0 Å². The maximum atomic E-state index is 14.2. The molecular weight excluding hydrogens is 563 g/mol. The molecule has 0 aliphatic heterocycles. The Balaban J connectivity index is 1.74. The van der Waals surface area contributed by atoms with E-state index in [0.29, 0.717) is 4.90 Å². The number of nitrogens with one attached hydrogen (secondary N) is 1. The molecule has 0 aliphatic carbocycles. The predicted molar refractivity (Wildman–Crippen MR) is 173 cm³/mol. The first-order chi connectivity index (χ1) is 19.9. The number of hydrogen-bond donors (Lipinski definition) is 1. The van der Waals surface area contributed by atoms with Crippen LogP contribution in [0.3, 0.4) is 0 Å². The summed E-state index contributed by atoms with van der Waals surface area (Å²) in [4.78, 5) is 2.20. The first kappa shape index (κ1) is 29.2. The van der Waals surface area contributed by atoms with Crippen molar-refractivity contribution in [1.29, 1.82) is 0 Å². The van der Waals surface area contributed by atoms with Gasteiger partial charge in [0.2, 0.25) is 0 Å². The number of aryl methyl sites for hydroxylation is 2. The standard InChI is InChI=1S/C35H33NO2S3/c1-26-18-22-30(23-19-26)40(37)33-17-11-10-16-32(33)34(39-3)35(28-12-6-4-7-13-28,29-14-8-5-9-15-29)36-41(38)31-24-20-27(2)21-25-31/h4-25,34,36H,1-3H3/t34-,40?,41?/m0/s1. The highest BCUT2D eigenvalue weighted by Crippen LogP contribution is 2.50. The van der Waals surface area contributed by atoms with Crippen LogP contribution in [0.5, 0.6) is 0 Å². The summed E-state index contributed by atoms with van der Waals surface area (Å²) >= 11 is 1.66. The van der Waals surface area contributed by atoms with E-state index in [9.17, 15) is 8.42 Å². The average molecular weight is 596 g/mol. The van der Waals surface area contributed by atoms with Crippen LogP contribution in [0, 0.1) is 13.8 Å². The molecule has 0 radical (unpaired) electrons. The van der Waals surface area contributed by atoms with Crippen LogP contribution in [0.15, 0.2) is 148 Å². The van der Waals surface area contributed by atoms with Crippen LogP contribution >= 0.6 is 11.8 Å². The molecule has 41 heavy (non-hydrogen) atoms. The van der Waals surface area contributed by atoms with E-state index in [1.807, 2.05) is 117 Å². The highest BCUT2D eigenvalue weighted by molar-refractivity contribution is 7.99. The van der Waals surface area contributed by atoms with Crippen molar-refractivity contribution in [2.75, 3.05) is 6.26 Å². The van der Waals surface area contributed by atoms with Gasteiger partial charge in [0.25, 0.3) is 0 Å². The number of benzene rings is 5. The summed E-state index contributed by atoms with van der Waals surface area (Å²) in [6, 6.07) is 43.9. The molecule has 6 heteroatoms. The molecule has 208 valence electrons. The maximum absolute atomic E-state index is 14.2. The number of thioether (sulfide) groups is 1. The van der Waals surface area contributed by atoms with Gasteiger partial charge < -0.3 is 0 Å². The third-order valence-corrected chi connectivity index (χ3v) is 11.0. The Bertz CT molecular complexity index is 1600. The highest BCUT2D eigenvalue weighted by atomic mass is 32.2. The van der Waals surface area contributed by atoms with Crippen molar-refractivity contribution in [3.05, 3.63) is 161 Å². The lowest BCUT2D eigenvalue weighted by molar-refractivity contribution is 0.470. The number of hydrogen-bond acceptors (Lipinski definition) is 3. The van der Waals surface area contributed by atoms with Crippen molar-refractivity contribution in [3.63, 3.8) is 0 Å².